The molecule has 0 radical (unpaired) electrons. The summed E-state index contributed by atoms with van der Waals surface area (Å²) in [5, 5.41) is 14.8. The van der Waals surface area contributed by atoms with Gasteiger partial charge in [0.15, 0.2) is 0 Å². The van der Waals surface area contributed by atoms with E-state index in [4.69, 9.17) is 0 Å². The molecule has 1 aromatic rings. The Morgan fingerprint density at radius 3 is 2.84 bits per heavy atom. The molecule has 2 rings (SSSR count). The molecule has 0 spiro atoms. The molecule has 0 amide bonds. The minimum absolute atomic E-state index is 0.224. The maximum Gasteiger partial charge on any atom is 0.0635 e. The van der Waals surface area contributed by atoms with Crippen molar-refractivity contribution in [1.82, 2.24) is 14.7 Å². The van der Waals surface area contributed by atoms with Crippen LogP contribution in [0.5, 0.6) is 0 Å². The molecule has 5 heteroatoms. The molecule has 1 aliphatic carbocycles. The highest BCUT2D eigenvalue weighted by atomic mass is 79.9. The largest absolute Gasteiger partial charge is 0.392 e. The van der Waals surface area contributed by atoms with E-state index in [0.717, 1.165) is 36.8 Å². The molecule has 108 valence electrons. The molecule has 0 saturated heterocycles. The molecule has 0 bridgehead atoms. The number of nitrogens with zero attached hydrogens (tertiary/aromatic N) is 3. The van der Waals surface area contributed by atoms with Crippen molar-refractivity contribution >= 4 is 15.9 Å². The predicted molar refractivity (Wildman–Crippen MR) is 80.3 cm³/mol. The molecule has 4 nitrogen and oxygen atoms in total. The lowest BCUT2D eigenvalue weighted by molar-refractivity contribution is 0.131. The monoisotopic (exact) mass is 329 g/mol. The summed E-state index contributed by atoms with van der Waals surface area (Å²) in [5.41, 5.74) is 1.18. The van der Waals surface area contributed by atoms with Crippen LogP contribution in [0.3, 0.4) is 0 Å². The van der Waals surface area contributed by atoms with Crippen LogP contribution in [0.15, 0.2) is 10.7 Å². The van der Waals surface area contributed by atoms with E-state index in [9.17, 15) is 5.11 Å². The Morgan fingerprint density at radius 1 is 1.37 bits per heavy atom. The quantitative estimate of drug-likeness (QED) is 0.863. The van der Waals surface area contributed by atoms with Gasteiger partial charge < -0.3 is 10.0 Å². The Morgan fingerprint density at radius 2 is 2.11 bits per heavy atom. The van der Waals surface area contributed by atoms with Gasteiger partial charge in [-0.15, -0.1) is 0 Å². The number of hydrogen-bond donors (Lipinski definition) is 1. The fraction of sp³-hybridized carbons (Fsp3) is 0.786. The highest BCUT2D eigenvalue weighted by molar-refractivity contribution is 9.10. The number of hydrogen-bond acceptors (Lipinski definition) is 3. The van der Waals surface area contributed by atoms with Gasteiger partial charge in [-0.2, -0.15) is 5.10 Å². The molecule has 2 atom stereocenters. The summed E-state index contributed by atoms with van der Waals surface area (Å²) in [4.78, 5) is 2.16. The second kappa shape index (κ2) is 6.86. The molecule has 1 aromatic heterocycles. The van der Waals surface area contributed by atoms with Gasteiger partial charge in [-0.1, -0.05) is 19.3 Å². The standard InChI is InChI=1S/C14H24BrN3O/c1-17(2)8-9-18-14(12(15)10-16-18)11-6-4-3-5-7-13(11)19/h10-11,13,19H,3-9H2,1-2H3. The van der Waals surface area contributed by atoms with E-state index in [1.54, 1.807) is 0 Å². The number of aromatic nitrogens is 2. The number of halogens is 1. The second-order valence-electron chi connectivity index (χ2n) is 5.72. The second-order valence-corrected chi connectivity index (χ2v) is 6.57. The topological polar surface area (TPSA) is 41.3 Å². The van der Waals surface area contributed by atoms with Crippen LogP contribution in [0.1, 0.15) is 43.7 Å². The molecule has 0 aliphatic heterocycles. The van der Waals surface area contributed by atoms with Crippen LogP contribution in [0.4, 0.5) is 0 Å². The van der Waals surface area contributed by atoms with Crippen LogP contribution in [0.2, 0.25) is 0 Å². The minimum atomic E-state index is -0.228. The molecule has 2 unspecified atom stereocenters. The van der Waals surface area contributed by atoms with Gasteiger partial charge in [0.05, 0.1) is 29.0 Å². The van der Waals surface area contributed by atoms with Crippen molar-refractivity contribution < 1.29 is 5.11 Å². The van der Waals surface area contributed by atoms with Gasteiger partial charge in [0, 0.05) is 12.5 Å². The molecule has 1 fully saturated rings. The minimum Gasteiger partial charge on any atom is -0.392 e. The van der Waals surface area contributed by atoms with E-state index < -0.39 is 0 Å². The normalized spacial score (nSPS) is 24.7. The first kappa shape index (κ1) is 15.0. The van der Waals surface area contributed by atoms with Crippen LogP contribution in [0, 0.1) is 0 Å². The zero-order chi connectivity index (χ0) is 13.8. The van der Waals surface area contributed by atoms with Crippen molar-refractivity contribution in [3.63, 3.8) is 0 Å². The number of aliphatic hydroxyl groups excluding tert-OH is 1. The highest BCUT2D eigenvalue weighted by Crippen LogP contribution is 2.35. The number of likely N-dealkylation sites (N-methyl/N-ethyl adjacent to an activating group) is 1. The third kappa shape index (κ3) is 3.80. The Balaban J connectivity index is 2.19. The molecule has 1 heterocycles. The van der Waals surface area contributed by atoms with Gasteiger partial charge in [0.1, 0.15) is 0 Å². The summed E-state index contributed by atoms with van der Waals surface area (Å²) in [5.74, 6) is 0.224. The average Bonchev–Trinajstić information content (AvgIpc) is 2.58. The summed E-state index contributed by atoms with van der Waals surface area (Å²) in [6, 6.07) is 0. The van der Waals surface area contributed by atoms with E-state index in [2.05, 4.69) is 44.7 Å². The number of rotatable bonds is 4. The van der Waals surface area contributed by atoms with Crippen LogP contribution in [-0.2, 0) is 6.54 Å². The number of aliphatic hydroxyl groups is 1. The summed E-state index contributed by atoms with van der Waals surface area (Å²) >= 11 is 3.60. The third-order valence-corrected chi connectivity index (χ3v) is 4.53. The lowest BCUT2D eigenvalue weighted by atomic mass is 9.93. The van der Waals surface area contributed by atoms with Gasteiger partial charge in [-0.05, 0) is 42.9 Å². The van der Waals surface area contributed by atoms with Crippen LogP contribution >= 0.6 is 15.9 Å². The van der Waals surface area contributed by atoms with E-state index in [-0.39, 0.29) is 12.0 Å². The van der Waals surface area contributed by atoms with Gasteiger partial charge in [-0.25, -0.2) is 0 Å². The first-order chi connectivity index (χ1) is 9.09. The first-order valence-corrected chi connectivity index (χ1v) is 7.93. The van der Waals surface area contributed by atoms with Crippen molar-refractivity contribution in [1.29, 1.82) is 0 Å². The lowest BCUT2D eigenvalue weighted by Crippen LogP contribution is -2.24. The summed E-state index contributed by atoms with van der Waals surface area (Å²) in [6.07, 6.45) is 7.19. The van der Waals surface area contributed by atoms with Crippen molar-refractivity contribution in [3.05, 3.63) is 16.4 Å². The summed E-state index contributed by atoms with van der Waals surface area (Å²) < 4.78 is 3.10. The summed E-state index contributed by atoms with van der Waals surface area (Å²) in [6.45, 7) is 1.83. The predicted octanol–water partition coefficient (Wildman–Crippen LogP) is 2.62. The fourth-order valence-electron chi connectivity index (χ4n) is 2.82. The van der Waals surface area contributed by atoms with E-state index >= 15 is 0 Å². The maximum absolute atomic E-state index is 10.4. The Labute approximate surface area is 123 Å². The highest BCUT2D eigenvalue weighted by Gasteiger charge is 2.28. The van der Waals surface area contributed by atoms with E-state index in [1.807, 2.05) is 6.20 Å². The average molecular weight is 330 g/mol. The van der Waals surface area contributed by atoms with E-state index in [0.29, 0.717) is 0 Å². The first-order valence-electron chi connectivity index (χ1n) is 7.13. The Bertz CT molecular complexity index is 405. The molecular weight excluding hydrogens is 306 g/mol. The van der Waals surface area contributed by atoms with Gasteiger partial charge in [-0.3, -0.25) is 4.68 Å². The Kier molecular flexibility index (Phi) is 5.42. The molecule has 0 aromatic carbocycles. The van der Waals surface area contributed by atoms with Gasteiger partial charge in [0.2, 0.25) is 0 Å². The van der Waals surface area contributed by atoms with E-state index in [1.165, 1.54) is 18.5 Å². The molecule has 19 heavy (non-hydrogen) atoms. The third-order valence-electron chi connectivity index (χ3n) is 3.92. The maximum atomic E-state index is 10.4. The van der Waals surface area contributed by atoms with Crippen LogP contribution in [-0.4, -0.2) is 46.5 Å². The van der Waals surface area contributed by atoms with Crippen molar-refractivity contribution in [2.24, 2.45) is 0 Å². The molecular formula is C14H24BrN3O. The van der Waals surface area contributed by atoms with Gasteiger partial charge in [0.25, 0.3) is 0 Å². The summed E-state index contributed by atoms with van der Waals surface area (Å²) in [7, 11) is 4.14. The fourth-order valence-corrected chi connectivity index (χ4v) is 3.41. The van der Waals surface area contributed by atoms with Crippen LogP contribution in [0.25, 0.3) is 0 Å². The lowest BCUT2D eigenvalue weighted by Gasteiger charge is -2.23. The molecule has 1 saturated carbocycles. The molecule has 1 N–H and O–H groups in total. The smallest absolute Gasteiger partial charge is 0.0635 e. The van der Waals surface area contributed by atoms with Gasteiger partial charge >= 0.3 is 0 Å². The Hall–Kier alpha value is -0.390. The van der Waals surface area contributed by atoms with Crippen molar-refractivity contribution in [2.75, 3.05) is 20.6 Å². The zero-order valence-electron chi connectivity index (χ0n) is 11.8. The van der Waals surface area contributed by atoms with Crippen LogP contribution < -0.4 is 0 Å². The molecule has 1 aliphatic rings. The SMILES string of the molecule is CN(C)CCn1ncc(Br)c1C1CCCCCC1O. The van der Waals surface area contributed by atoms with Crippen molar-refractivity contribution in [3.8, 4) is 0 Å². The zero-order valence-corrected chi connectivity index (χ0v) is 13.4. The van der Waals surface area contributed by atoms with Crippen molar-refractivity contribution in [2.45, 2.75) is 50.7 Å².